The smallest absolute Gasteiger partial charge is 0.322 e. The average Bonchev–Trinajstić information content (AvgIpc) is 3.03. The number of aryl methyl sites for hydroxylation is 2. The Kier molecular flexibility index (Phi) is 3.53. The third kappa shape index (κ3) is 2.36. The first-order chi connectivity index (χ1) is 9.84. The summed E-state index contributed by atoms with van der Waals surface area (Å²) in [4.78, 5) is 11.6. The predicted molar refractivity (Wildman–Crippen MR) is 77.5 cm³/mol. The molecule has 2 N–H and O–H groups in total. The first kappa shape index (κ1) is 14.9. The van der Waals surface area contributed by atoms with Gasteiger partial charge in [-0.05, 0) is 32.6 Å². The molecular weight excluding hydrogens is 314 g/mol. The molecule has 2 unspecified atom stereocenters. The molecule has 1 saturated carbocycles. The third-order valence-corrected chi connectivity index (χ3v) is 7.64. The number of carbonyl (C=O) groups is 1. The van der Waals surface area contributed by atoms with Gasteiger partial charge in [-0.15, -0.1) is 11.8 Å². The molecule has 1 saturated heterocycles. The zero-order valence-corrected chi connectivity index (χ0v) is 13.4. The molecule has 2 atom stereocenters. The molecule has 0 radical (unpaired) electrons. The second kappa shape index (κ2) is 4.99. The number of sulfonamides is 1. The molecule has 2 aliphatic rings. The van der Waals surface area contributed by atoms with Crippen LogP contribution in [0.15, 0.2) is 4.90 Å². The van der Waals surface area contributed by atoms with Crippen molar-refractivity contribution in [3.8, 4) is 0 Å². The van der Waals surface area contributed by atoms with Crippen molar-refractivity contribution in [2.45, 2.75) is 43.0 Å². The quantitative estimate of drug-likeness (QED) is 0.851. The number of hydrogen-bond acceptors (Lipinski definition) is 5. The SMILES string of the molecule is Cc1n[nH]c(C)c1S(=O)(=O)N1C(C(=O)O)CSC1C1CC1. The van der Waals surface area contributed by atoms with E-state index in [-0.39, 0.29) is 16.2 Å². The van der Waals surface area contributed by atoms with E-state index in [2.05, 4.69) is 10.2 Å². The van der Waals surface area contributed by atoms with Crippen LogP contribution in [0.1, 0.15) is 24.2 Å². The molecule has 2 heterocycles. The molecule has 7 nitrogen and oxygen atoms in total. The van der Waals surface area contributed by atoms with E-state index < -0.39 is 22.0 Å². The Morgan fingerprint density at radius 3 is 2.57 bits per heavy atom. The van der Waals surface area contributed by atoms with Gasteiger partial charge in [-0.25, -0.2) is 8.42 Å². The minimum Gasteiger partial charge on any atom is -0.480 e. The summed E-state index contributed by atoms with van der Waals surface area (Å²) in [5, 5.41) is 15.7. The van der Waals surface area contributed by atoms with E-state index in [0.29, 0.717) is 17.1 Å². The Bertz CT molecular complexity index is 661. The molecule has 1 aliphatic heterocycles. The number of aromatic amines is 1. The van der Waals surface area contributed by atoms with Crippen LogP contribution in [0.4, 0.5) is 0 Å². The number of aromatic nitrogens is 2. The van der Waals surface area contributed by atoms with Gasteiger partial charge in [-0.2, -0.15) is 9.40 Å². The summed E-state index contributed by atoms with van der Waals surface area (Å²) in [6.07, 6.45) is 1.92. The van der Waals surface area contributed by atoms with Gasteiger partial charge in [0.05, 0.1) is 16.8 Å². The number of carboxylic acids is 1. The van der Waals surface area contributed by atoms with E-state index in [1.54, 1.807) is 13.8 Å². The van der Waals surface area contributed by atoms with Crippen LogP contribution in [-0.4, -0.2) is 51.2 Å². The molecular formula is C12H17N3O4S2. The lowest BCUT2D eigenvalue weighted by atomic mass is 10.3. The summed E-state index contributed by atoms with van der Waals surface area (Å²) in [6, 6.07) is -1.00. The van der Waals surface area contributed by atoms with Crippen molar-refractivity contribution in [3.63, 3.8) is 0 Å². The summed E-state index contributed by atoms with van der Waals surface area (Å²) in [7, 11) is -3.87. The average molecular weight is 331 g/mol. The van der Waals surface area contributed by atoms with Crippen LogP contribution in [0.3, 0.4) is 0 Å². The van der Waals surface area contributed by atoms with Crippen LogP contribution in [0, 0.1) is 19.8 Å². The normalized spacial score (nSPS) is 27.1. The fourth-order valence-corrected chi connectivity index (χ4v) is 6.90. The van der Waals surface area contributed by atoms with Crippen LogP contribution < -0.4 is 0 Å². The first-order valence-corrected chi connectivity index (χ1v) is 9.22. The molecule has 1 aromatic heterocycles. The predicted octanol–water partition coefficient (Wildman–Crippen LogP) is 0.953. The van der Waals surface area contributed by atoms with Crippen molar-refractivity contribution in [2.75, 3.05) is 5.75 Å². The molecule has 2 fully saturated rings. The van der Waals surface area contributed by atoms with E-state index in [9.17, 15) is 18.3 Å². The van der Waals surface area contributed by atoms with Gasteiger partial charge in [0, 0.05) is 5.75 Å². The van der Waals surface area contributed by atoms with Gasteiger partial charge in [-0.1, -0.05) is 0 Å². The third-order valence-electron chi connectivity index (χ3n) is 3.89. The van der Waals surface area contributed by atoms with E-state index in [0.717, 1.165) is 12.8 Å². The highest BCUT2D eigenvalue weighted by Gasteiger charge is 2.52. The standard InChI is InChI=1S/C12H17N3O4S2/c1-6-10(7(2)14-13-6)21(18,19)15-9(12(16)17)5-20-11(15)8-3-4-8/h8-9,11H,3-5H2,1-2H3,(H,13,14)(H,16,17). The Morgan fingerprint density at radius 2 is 2.10 bits per heavy atom. The molecule has 0 amide bonds. The second-order valence-electron chi connectivity index (χ2n) is 5.51. The molecule has 0 spiro atoms. The maximum absolute atomic E-state index is 13.0. The zero-order valence-electron chi connectivity index (χ0n) is 11.7. The molecule has 1 aromatic rings. The van der Waals surface area contributed by atoms with Gasteiger partial charge in [0.1, 0.15) is 10.9 Å². The summed E-state index contributed by atoms with van der Waals surface area (Å²) in [5.41, 5.74) is 0.825. The number of hydrogen-bond donors (Lipinski definition) is 2. The Hall–Kier alpha value is -1.06. The van der Waals surface area contributed by atoms with Crippen molar-refractivity contribution in [1.82, 2.24) is 14.5 Å². The van der Waals surface area contributed by atoms with Crippen molar-refractivity contribution >= 4 is 27.8 Å². The Balaban J connectivity index is 2.07. The van der Waals surface area contributed by atoms with Gasteiger partial charge < -0.3 is 5.11 Å². The highest BCUT2D eigenvalue weighted by molar-refractivity contribution is 8.01. The van der Waals surface area contributed by atoms with Crippen molar-refractivity contribution in [1.29, 1.82) is 0 Å². The number of nitrogens with one attached hydrogen (secondary N) is 1. The molecule has 116 valence electrons. The monoisotopic (exact) mass is 331 g/mol. The molecule has 0 bridgehead atoms. The Labute approximate surface area is 127 Å². The summed E-state index contributed by atoms with van der Waals surface area (Å²) in [5.74, 6) is -0.527. The van der Waals surface area contributed by atoms with Crippen LogP contribution in [0.25, 0.3) is 0 Å². The number of rotatable bonds is 4. The lowest BCUT2D eigenvalue weighted by molar-refractivity contribution is -0.140. The number of carboxylic acid groups (broad SMARTS) is 1. The molecule has 9 heteroatoms. The minimum absolute atomic E-state index is 0.113. The first-order valence-electron chi connectivity index (χ1n) is 6.73. The molecule has 0 aromatic carbocycles. The van der Waals surface area contributed by atoms with Crippen LogP contribution in [-0.2, 0) is 14.8 Å². The van der Waals surface area contributed by atoms with Gasteiger partial charge in [0.2, 0.25) is 10.0 Å². The van der Waals surface area contributed by atoms with Gasteiger partial charge >= 0.3 is 5.97 Å². The number of aliphatic carboxylic acids is 1. The fraction of sp³-hybridized carbons (Fsp3) is 0.667. The van der Waals surface area contributed by atoms with Gasteiger partial charge in [0.15, 0.2) is 0 Å². The molecule has 21 heavy (non-hydrogen) atoms. The zero-order chi connectivity index (χ0) is 15.4. The van der Waals surface area contributed by atoms with Gasteiger partial charge in [0.25, 0.3) is 0 Å². The molecule has 3 rings (SSSR count). The number of thioether (sulfide) groups is 1. The topological polar surface area (TPSA) is 103 Å². The summed E-state index contributed by atoms with van der Waals surface area (Å²) in [6.45, 7) is 3.25. The van der Waals surface area contributed by atoms with E-state index in [1.807, 2.05) is 0 Å². The maximum atomic E-state index is 13.0. The van der Waals surface area contributed by atoms with E-state index in [1.165, 1.54) is 16.1 Å². The summed E-state index contributed by atoms with van der Waals surface area (Å²) >= 11 is 1.43. The highest BCUT2D eigenvalue weighted by atomic mass is 32.2. The van der Waals surface area contributed by atoms with Gasteiger partial charge in [-0.3, -0.25) is 9.89 Å². The maximum Gasteiger partial charge on any atom is 0.322 e. The highest BCUT2D eigenvalue weighted by Crippen LogP contribution is 2.47. The van der Waals surface area contributed by atoms with Crippen LogP contribution in [0.5, 0.6) is 0 Å². The second-order valence-corrected chi connectivity index (χ2v) is 8.44. The molecule has 1 aliphatic carbocycles. The minimum atomic E-state index is -3.87. The van der Waals surface area contributed by atoms with Crippen molar-refractivity contribution in [2.24, 2.45) is 5.92 Å². The number of H-pyrrole nitrogens is 1. The Morgan fingerprint density at radius 1 is 1.43 bits per heavy atom. The number of nitrogens with zero attached hydrogens (tertiary/aromatic N) is 2. The summed E-state index contributed by atoms with van der Waals surface area (Å²) < 4.78 is 27.2. The van der Waals surface area contributed by atoms with E-state index in [4.69, 9.17) is 0 Å². The van der Waals surface area contributed by atoms with E-state index >= 15 is 0 Å². The lowest BCUT2D eigenvalue weighted by Crippen LogP contribution is -2.46. The van der Waals surface area contributed by atoms with Crippen LogP contribution >= 0.6 is 11.8 Å². The van der Waals surface area contributed by atoms with Crippen molar-refractivity contribution in [3.05, 3.63) is 11.4 Å². The fourth-order valence-electron chi connectivity index (χ4n) is 2.75. The lowest BCUT2D eigenvalue weighted by Gasteiger charge is -2.26. The van der Waals surface area contributed by atoms with Crippen molar-refractivity contribution < 1.29 is 18.3 Å². The largest absolute Gasteiger partial charge is 0.480 e. The van der Waals surface area contributed by atoms with Crippen LogP contribution in [0.2, 0.25) is 0 Å².